The molecule has 0 nitrogen and oxygen atoms in total. The van der Waals surface area contributed by atoms with E-state index in [0.29, 0.717) is 5.41 Å². The van der Waals surface area contributed by atoms with Crippen LogP contribution < -0.4 is 0 Å². The SMILES string of the molecule is CCC(CC)(CBr)Cc1ccc(I)cc1. The van der Waals surface area contributed by atoms with Gasteiger partial charge in [0.05, 0.1) is 0 Å². The van der Waals surface area contributed by atoms with Crippen LogP contribution in [0.4, 0.5) is 0 Å². The van der Waals surface area contributed by atoms with Crippen LogP contribution in [0.3, 0.4) is 0 Å². The van der Waals surface area contributed by atoms with E-state index in [1.165, 1.54) is 28.4 Å². The highest BCUT2D eigenvalue weighted by Crippen LogP contribution is 2.33. The molecule has 0 N–H and O–H groups in total. The van der Waals surface area contributed by atoms with E-state index >= 15 is 0 Å². The molecule has 0 heterocycles. The molecule has 0 radical (unpaired) electrons. The number of alkyl halides is 1. The van der Waals surface area contributed by atoms with Gasteiger partial charge >= 0.3 is 0 Å². The average Bonchev–Trinajstić information content (AvgIpc) is 2.29. The molecule has 0 aliphatic carbocycles. The molecule has 0 unspecified atom stereocenters. The highest BCUT2D eigenvalue weighted by Gasteiger charge is 2.24. The third-order valence-corrected chi connectivity index (χ3v) is 5.18. The molecule has 1 rings (SSSR count). The molecule has 2 heteroatoms. The molecule has 0 aliphatic rings. The summed E-state index contributed by atoms with van der Waals surface area (Å²) < 4.78 is 1.31. The van der Waals surface area contributed by atoms with E-state index in [-0.39, 0.29) is 0 Å². The minimum atomic E-state index is 0.437. The summed E-state index contributed by atoms with van der Waals surface area (Å²) in [5.74, 6) is 0. The van der Waals surface area contributed by atoms with Gasteiger partial charge in [0.25, 0.3) is 0 Å². The van der Waals surface area contributed by atoms with Gasteiger partial charge in [-0.3, -0.25) is 0 Å². The maximum absolute atomic E-state index is 3.66. The summed E-state index contributed by atoms with van der Waals surface area (Å²) in [7, 11) is 0. The number of benzene rings is 1. The summed E-state index contributed by atoms with van der Waals surface area (Å²) in [4.78, 5) is 0. The molecular weight excluding hydrogens is 363 g/mol. The smallest absolute Gasteiger partial charge is 0.0130 e. The Morgan fingerprint density at radius 2 is 1.67 bits per heavy atom. The molecule has 0 fully saturated rings. The molecule has 0 saturated carbocycles. The Hall–Kier alpha value is 0.430. The lowest BCUT2D eigenvalue weighted by molar-refractivity contribution is 0.307. The van der Waals surface area contributed by atoms with Gasteiger partial charge in [0.15, 0.2) is 0 Å². The molecule has 0 amide bonds. The summed E-state index contributed by atoms with van der Waals surface area (Å²) in [5.41, 5.74) is 1.89. The van der Waals surface area contributed by atoms with Crippen LogP contribution in [-0.4, -0.2) is 5.33 Å². The Balaban J connectivity index is 2.78. The van der Waals surface area contributed by atoms with Crippen LogP contribution >= 0.6 is 38.5 Å². The molecule has 0 aliphatic heterocycles. The molecule has 0 bridgehead atoms. The van der Waals surface area contributed by atoms with Crippen molar-refractivity contribution < 1.29 is 0 Å². The predicted molar refractivity (Wildman–Crippen MR) is 79.7 cm³/mol. The maximum atomic E-state index is 3.66. The molecule has 0 aromatic heterocycles. The summed E-state index contributed by atoms with van der Waals surface area (Å²) in [6.45, 7) is 4.58. The van der Waals surface area contributed by atoms with Crippen molar-refractivity contribution in [1.82, 2.24) is 0 Å². The predicted octanol–water partition coefficient (Wildman–Crippen LogP) is 5.04. The normalized spacial score (nSPS) is 11.7. The second-order valence-corrected chi connectivity index (χ2v) is 5.95. The van der Waals surface area contributed by atoms with Gasteiger partial charge in [0, 0.05) is 8.90 Å². The van der Waals surface area contributed by atoms with Crippen molar-refractivity contribution >= 4 is 38.5 Å². The first kappa shape index (κ1) is 13.5. The van der Waals surface area contributed by atoms with Gasteiger partial charge in [-0.1, -0.05) is 41.9 Å². The first-order chi connectivity index (χ1) is 7.15. The standard InChI is InChI=1S/C13H18BrI/c1-3-13(4-2,10-14)9-11-5-7-12(15)8-6-11/h5-8H,3-4,9-10H2,1-2H3. The summed E-state index contributed by atoms with van der Waals surface area (Å²) in [6, 6.07) is 8.90. The summed E-state index contributed by atoms with van der Waals surface area (Å²) >= 11 is 6.02. The Kier molecular flexibility index (Phi) is 5.61. The van der Waals surface area contributed by atoms with Crippen molar-refractivity contribution in [3.63, 3.8) is 0 Å². The van der Waals surface area contributed by atoms with Gasteiger partial charge in [-0.25, -0.2) is 0 Å². The number of hydrogen-bond donors (Lipinski definition) is 0. The Labute approximate surface area is 115 Å². The Morgan fingerprint density at radius 3 is 2.07 bits per heavy atom. The largest absolute Gasteiger partial charge is 0.0922 e. The molecular formula is C13H18BrI. The second kappa shape index (κ2) is 6.24. The molecule has 1 aromatic carbocycles. The van der Waals surface area contributed by atoms with E-state index in [9.17, 15) is 0 Å². The van der Waals surface area contributed by atoms with E-state index < -0.39 is 0 Å². The molecule has 0 atom stereocenters. The number of hydrogen-bond acceptors (Lipinski definition) is 0. The van der Waals surface area contributed by atoms with Crippen molar-refractivity contribution in [2.75, 3.05) is 5.33 Å². The second-order valence-electron chi connectivity index (χ2n) is 4.14. The summed E-state index contributed by atoms with van der Waals surface area (Å²) in [5, 5.41) is 1.10. The molecule has 15 heavy (non-hydrogen) atoms. The lowest BCUT2D eigenvalue weighted by atomic mass is 9.79. The van der Waals surface area contributed by atoms with Crippen LogP contribution in [0.2, 0.25) is 0 Å². The van der Waals surface area contributed by atoms with Gasteiger partial charge in [-0.2, -0.15) is 0 Å². The highest BCUT2D eigenvalue weighted by molar-refractivity contribution is 14.1. The molecule has 84 valence electrons. The topological polar surface area (TPSA) is 0 Å². The van der Waals surface area contributed by atoms with E-state index in [1.807, 2.05) is 0 Å². The van der Waals surface area contributed by atoms with Crippen molar-refractivity contribution in [1.29, 1.82) is 0 Å². The van der Waals surface area contributed by atoms with E-state index in [1.54, 1.807) is 0 Å². The number of halogens is 2. The van der Waals surface area contributed by atoms with Crippen LogP contribution in [0.5, 0.6) is 0 Å². The monoisotopic (exact) mass is 380 g/mol. The highest BCUT2D eigenvalue weighted by atomic mass is 127. The van der Waals surface area contributed by atoms with Crippen LogP contribution in [0.1, 0.15) is 32.3 Å². The van der Waals surface area contributed by atoms with Crippen molar-refractivity contribution in [2.24, 2.45) is 5.41 Å². The first-order valence-electron chi connectivity index (χ1n) is 5.46. The fraction of sp³-hybridized carbons (Fsp3) is 0.538. The van der Waals surface area contributed by atoms with Gasteiger partial charge in [0.1, 0.15) is 0 Å². The first-order valence-corrected chi connectivity index (χ1v) is 7.66. The lowest BCUT2D eigenvalue weighted by Gasteiger charge is -2.29. The fourth-order valence-electron chi connectivity index (χ4n) is 1.77. The van der Waals surface area contributed by atoms with Gasteiger partial charge in [0.2, 0.25) is 0 Å². The summed E-state index contributed by atoms with van der Waals surface area (Å²) in [6.07, 6.45) is 3.66. The van der Waals surface area contributed by atoms with E-state index in [0.717, 1.165) is 5.33 Å². The minimum absolute atomic E-state index is 0.437. The van der Waals surface area contributed by atoms with E-state index in [4.69, 9.17) is 0 Å². The van der Waals surface area contributed by atoms with Crippen molar-refractivity contribution in [3.8, 4) is 0 Å². The average molecular weight is 381 g/mol. The van der Waals surface area contributed by atoms with Crippen LogP contribution in [0.25, 0.3) is 0 Å². The van der Waals surface area contributed by atoms with Crippen molar-refractivity contribution in [3.05, 3.63) is 33.4 Å². The zero-order chi connectivity index (χ0) is 11.3. The minimum Gasteiger partial charge on any atom is -0.0922 e. The van der Waals surface area contributed by atoms with Gasteiger partial charge < -0.3 is 0 Å². The molecule has 0 saturated heterocycles. The Bertz CT molecular complexity index is 280. The van der Waals surface area contributed by atoms with Gasteiger partial charge in [-0.05, 0) is 65.0 Å². The van der Waals surface area contributed by atoms with Crippen LogP contribution in [0, 0.1) is 8.99 Å². The van der Waals surface area contributed by atoms with Crippen LogP contribution in [-0.2, 0) is 6.42 Å². The van der Waals surface area contributed by atoms with Crippen molar-refractivity contribution in [2.45, 2.75) is 33.1 Å². The Morgan fingerprint density at radius 1 is 1.13 bits per heavy atom. The van der Waals surface area contributed by atoms with E-state index in [2.05, 4.69) is 76.6 Å². The quantitative estimate of drug-likeness (QED) is 0.496. The lowest BCUT2D eigenvalue weighted by Crippen LogP contribution is -2.23. The van der Waals surface area contributed by atoms with Crippen LogP contribution in [0.15, 0.2) is 24.3 Å². The third kappa shape index (κ3) is 3.74. The molecule has 1 aromatic rings. The third-order valence-electron chi connectivity index (χ3n) is 3.28. The number of rotatable bonds is 5. The zero-order valence-corrected chi connectivity index (χ0v) is 13.1. The zero-order valence-electron chi connectivity index (χ0n) is 9.39. The fourth-order valence-corrected chi connectivity index (χ4v) is 3.12. The molecule has 0 spiro atoms. The van der Waals surface area contributed by atoms with Gasteiger partial charge in [-0.15, -0.1) is 0 Å². The maximum Gasteiger partial charge on any atom is 0.0130 e.